The molecule has 0 radical (unpaired) electrons. The highest BCUT2D eigenvalue weighted by molar-refractivity contribution is 7.99. The van der Waals surface area contributed by atoms with Crippen LogP contribution in [-0.2, 0) is 4.74 Å². The second-order valence-electron chi connectivity index (χ2n) is 8.45. The molecule has 5 nitrogen and oxygen atoms in total. The number of piperazine rings is 1. The van der Waals surface area contributed by atoms with Crippen LogP contribution in [0.5, 0.6) is 0 Å². The Morgan fingerprint density at radius 1 is 0.903 bits per heavy atom. The summed E-state index contributed by atoms with van der Waals surface area (Å²) in [5.41, 5.74) is 3.85. The maximum atomic E-state index is 5.46. The molecule has 0 aromatic heterocycles. The van der Waals surface area contributed by atoms with Crippen molar-refractivity contribution < 1.29 is 4.74 Å². The van der Waals surface area contributed by atoms with Gasteiger partial charge in [-0.2, -0.15) is 0 Å². The normalized spacial score (nSPS) is 21.2. The minimum Gasteiger partial charge on any atom is -0.379 e. The van der Waals surface area contributed by atoms with Crippen LogP contribution < -0.4 is 5.32 Å². The van der Waals surface area contributed by atoms with Gasteiger partial charge in [-0.15, -0.1) is 0 Å². The summed E-state index contributed by atoms with van der Waals surface area (Å²) in [6.45, 7) is 13.3. The molecule has 3 aliphatic heterocycles. The number of hydrogen-bond acceptors (Lipinski definition) is 7. The van der Waals surface area contributed by atoms with E-state index in [9.17, 15) is 0 Å². The third-order valence-electron chi connectivity index (χ3n) is 6.32. The standard InChI is InChI=1S/C24H32N4OS2/c1-19(20-6-7-24-22(18-20)25-21-4-2-3-5-23(21)30-24)31-28-12-10-26(11-13-28)8-9-27-14-16-29-17-15-27/h2-7,18-19,25H,8-17H2,1H3. The van der Waals surface area contributed by atoms with Gasteiger partial charge in [0.05, 0.1) is 24.6 Å². The van der Waals surface area contributed by atoms with Crippen molar-refractivity contribution in [2.24, 2.45) is 0 Å². The number of para-hydroxylation sites is 1. The van der Waals surface area contributed by atoms with E-state index in [0.29, 0.717) is 5.25 Å². The van der Waals surface area contributed by atoms with Crippen LogP contribution in [0.4, 0.5) is 11.4 Å². The number of anilines is 2. The average Bonchev–Trinajstić information content (AvgIpc) is 2.82. The van der Waals surface area contributed by atoms with E-state index in [0.717, 1.165) is 39.4 Å². The minimum absolute atomic E-state index is 0.453. The molecule has 0 spiro atoms. The van der Waals surface area contributed by atoms with Gasteiger partial charge in [0.15, 0.2) is 0 Å². The SMILES string of the molecule is CC(SN1CCN(CCN2CCOCC2)CC1)c1ccc2c(c1)Nc1ccccc1S2. The van der Waals surface area contributed by atoms with Crippen LogP contribution in [-0.4, -0.2) is 79.7 Å². The lowest BCUT2D eigenvalue weighted by molar-refractivity contribution is 0.0318. The van der Waals surface area contributed by atoms with Gasteiger partial charge in [0.25, 0.3) is 0 Å². The zero-order valence-electron chi connectivity index (χ0n) is 18.3. The summed E-state index contributed by atoms with van der Waals surface area (Å²) in [6, 6.07) is 15.5. The first-order valence-corrected chi connectivity index (χ1v) is 13.0. The highest BCUT2D eigenvalue weighted by atomic mass is 32.2. The number of rotatable bonds is 6. The van der Waals surface area contributed by atoms with Crippen LogP contribution in [0, 0.1) is 0 Å². The molecule has 0 aliphatic carbocycles. The monoisotopic (exact) mass is 456 g/mol. The molecule has 1 atom stereocenters. The predicted octanol–water partition coefficient (Wildman–Crippen LogP) is 4.55. The summed E-state index contributed by atoms with van der Waals surface area (Å²) in [4.78, 5) is 7.77. The number of morpholine rings is 1. The second-order valence-corrected chi connectivity index (χ2v) is 11.0. The van der Waals surface area contributed by atoms with E-state index in [2.05, 4.69) is 68.8 Å². The maximum Gasteiger partial charge on any atom is 0.0594 e. The molecule has 1 N–H and O–H groups in total. The first-order valence-electron chi connectivity index (χ1n) is 11.4. The van der Waals surface area contributed by atoms with Crippen LogP contribution in [0.15, 0.2) is 52.3 Å². The topological polar surface area (TPSA) is 31.0 Å². The number of hydrogen-bond donors (Lipinski definition) is 1. The number of nitrogens with zero attached hydrogens (tertiary/aromatic N) is 3. The van der Waals surface area contributed by atoms with Crippen molar-refractivity contribution >= 4 is 35.1 Å². The molecular weight excluding hydrogens is 424 g/mol. The van der Waals surface area contributed by atoms with Crippen molar-refractivity contribution in [3.05, 3.63) is 48.0 Å². The molecule has 2 fully saturated rings. The minimum atomic E-state index is 0.453. The molecule has 166 valence electrons. The zero-order chi connectivity index (χ0) is 21.0. The number of benzene rings is 2. The Hall–Kier alpha value is -1.22. The average molecular weight is 457 g/mol. The Morgan fingerprint density at radius 3 is 2.42 bits per heavy atom. The quantitative estimate of drug-likeness (QED) is 0.545. The van der Waals surface area contributed by atoms with Gasteiger partial charge in [0.2, 0.25) is 0 Å². The summed E-state index contributed by atoms with van der Waals surface area (Å²) in [5.74, 6) is 0. The molecular formula is C24H32N4OS2. The van der Waals surface area contributed by atoms with Crippen LogP contribution in [0.25, 0.3) is 0 Å². The molecule has 3 heterocycles. The predicted molar refractivity (Wildman–Crippen MR) is 132 cm³/mol. The van der Waals surface area contributed by atoms with E-state index >= 15 is 0 Å². The van der Waals surface area contributed by atoms with Crippen LogP contribution in [0.2, 0.25) is 0 Å². The lowest BCUT2D eigenvalue weighted by Gasteiger charge is -2.36. The van der Waals surface area contributed by atoms with Gasteiger partial charge in [0, 0.05) is 67.4 Å². The Balaban J connectivity index is 1.11. The fourth-order valence-corrected chi connectivity index (χ4v) is 6.42. The highest BCUT2D eigenvalue weighted by Gasteiger charge is 2.22. The van der Waals surface area contributed by atoms with Gasteiger partial charge in [-0.1, -0.05) is 41.9 Å². The van der Waals surface area contributed by atoms with E-state index < -0.39 is 0 Å². The molecule has 31 heavy (non-hydrogen) atoms. The summed E-state index contributed by atoms with van der Waals surface area (Å²) in [7, 11) is 0. The van der Waals surface area contributed by atoms with Crippen molar-refractivity contribution in [3.63, 3.8) is 0 Å². The third-order valence-corrected chi connectivity index (χ3v) is 8.73. The molecule has 1 unspecified atom stereocenters. The summed E-state index contributed by atoms with van der Waals surface area (Å²) in [5, 5.41) is 4.08. The van der Waals surface area contributed by atoms with Gasteiger partial charge in [-0.25, -0.2) is 4.31 Å². The lowest BCUT2D eigenvalue weighted by Crippen LogP contribution is -2.47. The number of nitrogens with one attached hydrogen (secondary N) is 1. The Labute approximate surface area is 194 Å². The Morgan fingerprint density at radius 2 is 1.61 bits per heavy atom. The summed E-state index contributed by atoms with van der Waals surface area (Å²) >= 11 is 3.86. The zero-order valence-corrected chi connectivity index (χ0v) is 19.9. The molecule has 0 amide bonds. The van der Waals surface area contributed by atoms with Gasteiger partial charge < -0.3 is 10.1 Å². The molecule has 2 aromatic rings. The van der Waals surface area contributed by atoms with E-state index in [1.54, 1.807) is 0 Å². The summed E-state index contributed by atoms with van der Waals surface area (Å²) in [6.07, 6.45) is 0. The molecule has 7 heteroatoms. The van der Waals surface area contributed by atoms with Crippen molar-refractivity contribution in [1.29, 1.82) is 0 Å². The van der Waals surface area contributed by atoms with E-state index in [1.165, 1.54) is 52.9 Å². The smallest absolute Gasteiger partial charge is 0.0594 e. The largest absolute Gasteiger partial charge is 0.379 e. The second kappa shape index (κ2) is 10.1. The van der Waals surface area contributed by atoms with Gasteiger partial charge in [-0.3, -0.25) is 9.80 Å². The molecule has 2 aromatic carbocycles. The lowest BCUT2D eigenvalue weighted by atomic mass is 10.1. The van der Waals surface area contributed by atoms with Gasteiger partial charge >= 0.3 is 0 Å². The highest BCUT2D eigenvalue weighted by Crippen LogP contribution is 2.45. The molecule has 0 bridgehead atoms. The number of fused-ring (bicyclic) bond motifs is 2. The first-order chi connectivity index (χ1) is 15.2. The molecule has 2 saturated heterocycles. The number of ether oxygens (including phenoxy) is 1. The fraction of sp³-hybridized carbons (Fsp3) is 0.500. The van der Waals surface area contributed by atoms with Crippen molar-refractivity contribution in [2.45, 2.75) is 22.0 Å². The van der Waals surface area contributed by atoms with Crippen molar-refractivity contribution in [2.75, 3.05) is 70.9 Å². The van der Waals surface area contributed by atoms with E-state index in [-0.39, 0.29) is 0 Å². The Kier molecular flexibility index (Phi) is 7.08. The molecule has 0 saturated carbocycles. The summed E-state index contributed by atoms with van der Waals surface area (Å²) < 4.78 is 8.02. The first kappa shape index (κ1) is 21.6. The van der Waals surface area contributed by atoms with Gasteiger partial charge in [-0.05, 0) is 36.8 Å². The Bertz CT molecular complexity index is 882. The van der Waals surface area contributed by atoms with E-state index in [1.807, 2.05) is 23.7 Å². The van der Waals surface area contributed by atoms with Crippen molar-refractivity contribution in [1.82, 2.24) is 14.1 Å². The third kappa shape index (κ3) is 5.41. The van der Waals surface area contributed by atoms with Crippen molar-refractivity contribution in [3.8, 4) is 0 Å². The van der Waals surface area contributed by atoms with Crippen LogP contribution in [0.1, 0.15) is 17.7 Å². The maximum absolute atomic E-state index is 5.46. The van der Waals surface area contributed by atoms with Crippen LogP contribution in [0.3, 0.4) is 0 Å². The molecule has 5 rings (SSSR count). The van der Waals surface area contributed by atoms with Crippen LogP contribution >= 0.6 is 23.7 Å². The fourth-order valence-electron chi connectivity index (χ4n) is 4.36. The van der Waals surface area contributed by atoms with E-state index in [4.69, 9.17) is 4.74 Å². The molecule has 3 aliphatic rings. The van der Waals surface area contributed by atoms with Gasteiger partial charge in [0.1, 0.15) is 0 Å².